The van der Waals surface area contributed by atoms with Gasteiger partial charge in [0.05, 0.1) is 0 Å². The highest BCUT2D eigenvalue weighted by molar-refractivity contribution is 5.83. The minimum Gasteiger partial charge on any atom is -0.481 e. The number of rotatable bonds is 4. The first-order valence-corrected chi connectivity index (χ1v) is 8.66. The Morgan fingerprint density at radius 2 is 1.96 bits per heavy atom. The van der Waals surface area contributed by atoms with E-state index in [2.05, 4.69) is 0 Å². The van der Waals surface area contributed by atoms with Crippen molar-refractivity contribution in [2.24, 2.45) is 0 Å². The molecule has 2 atom stereocenters. The van der Waals surface area contributed by atoms with Gasteiger partial charge in [-0.1, -0.05) is 6.07 Å². The topological polar surface area (TPSA) is 59.1 Å². The molecule has 0 radical (unpaired) electrons. The molecule has 2 fully saturated rings. The van der Waals surface area contributed by atoms with E-state index in [1.165, 1.54) is 18.2 Å². The first kappa shape index (κ1) is 17.7. The summed E-state index contributed by atoms with van der Waals surface area (Å²) in [4.78, 5) is 28.3. The fraction of sp³-hybridized carbons (Fsp3) is 0.556. The van der Waals surface area contributed by atoms with Gasteiger partial charge in [-0.05, 0) is 31.9 Å². The molecular formula is C18H23FN2O4. The maximum atomic E-state index is 13.2. The molecule has 2 aliphatic rings. The van der Waals surface area contributed by atoms with E-state index in [9.17, 15) is 14.0 Å². The molecule has 0 aliphatic carbocycles. The van der Waals surface area contributed by atoms with Crippen molar-refractivity contribution >= 4 is 11.8 Å². The molecule has 2 saturated heterocycles. The minimum absolute atomic E-state index is 0.0219. The number of nitrogens with zero attached hydrogens (tertiary/aromatic N) is 2. The van der Waals surface area contributed by atoms with Crippen molar-refractivity contribution in [2.75, 3.05) is 32.8 Å². The van der Waals surface area contributed by atoms with E-state index in [1.54, 1.807) is 22.8 Å². The second-order valence-electron chi connectivity index (χ2n) is 6.37. The predicted molar refractivity (Wildman–Crippen MR) is 88.6 cm³/mol. The Bertz CT molecular complexity index is 625. The Hall–Kier alpha value is -2.15. The third-order valence-electron chi connectivity index (χ3n) is 4.56. The maximum absolute atomic E-state index is 13.2. The quantitative estimate of drug-likeness (QED) is 0.825. The highest BCUT2D eigenvalue weighted by Crippen LogP contribution is 2.18. The highest BCUT2D eigenvalue weighted by Gasteiger charge is 2.32. The van der Waals surface area contributed by atoms with Crippen molar-refractivity contribution in [2.45, 2.75) is 32.0 Å². The largest absolute Gasteiger partial charge is 0.481 e. The van der Waals surface area contributed by atoms with Crippen LogP contribution in [0.1, 0.15) is 19.8 Å². The first-order chi connectivity index (χ1) is 12.0. The average molecular weight is 350 g/mol. The molecule has 7 heteroatoms. The van der Waals surface area contributed by atoms with Crippen LogP contribution in [0.4, 0.5) is 4.39 Å². The average Bonchev–Trinajstić information content (AvgIpc) is 3.15. The fourth-order valence-corrected chi connectivity index (χ4v) is 3.18. The van der Waals surface area contributed by atoms with Gasteiger partial charge in [-0.15, -0.1) is 0 Å². The predicted octanol–water partition coefficient (Wildman–Crippen LogP) is 1.44. The molecule has 3 rings (SSSR count). The number of benzene rings is 1. The zero-order valence-electron chi connectivity index (χ0n) is 14.3. The minimum atomic E-state index is -0.706. The van der Waals surface area contributed by atoms with Gasteiger partial charge in [0, 0.05) is 38.9 Å². The number of hydrogen-bond donors (Lipinski definition) is 0. The van der Waals surface area contributed by atoms with Crippen molar-refractivity contribution in [1.29, 1.82) is 0 Å². The summed E-state index contributed by atoms with van der Waals surface area (Å²) in [6.45, 7) is 4.22. The van der Waals surface area contributed by atoms with Gasteiger partial charge in [0.15, 0.2) is 6.10 Å². The lowest BCUT2D eigenvalue weighted by molar-refractivity contribution is -0.148. The van der Waals surface area contributed by atoms with Gasteiger partial charge in [-0.25, -0.2) is 4.39 Å². The molecule has 2 unspecified atom stereocenters. The molecule has 1 aromatic rings. The van der Waals surface area contributed by atoms with Crippen molar-refractivity contribution in [3.63, 3.8) is 0 Å². The number of amides is 2. The molecule has 0 aromatic heterocycles. The van der Waals surface area contributed by atoms with Crippen molar-refractivity contribution in [3.05, 3.63) is 30.1 Å². The lowest BCUT2D eigenvalue weighted by atomic mass is 10.2. The summed E-state index contributed by atoms with van der Waals surface area (Å²) in [6, 6.07) is 5.73. The summed E-state index contributed by atoms with van der Waals surface area (Å²) >= 11 is 0. The Balaban J connectivity index is 1.49. The van der Waals surface area contributed by atoms with E-state index in [-0.39, 0.29) is 17.9 Å². The van der Waals surface area contributed by atoms with E-state index in [1.807, 2.05) is 0 Å². The van der Waals surface area contributed by atoms with Gasteiger partial charge in [0.2, 0.25) is 0 Å². The van der Waals surface area contributed by atoms with Gasteiger partial charge >= 0.3 is 0 Å². The molecule has 25 heavy (non-hydrogen) atoms. The van der Waals surface area contributed by atoms with Crippen LogP contribution in [0.2, 0.25) is 0 Å². The zero-order valence-corrected chi connectivity index (χ0v) is 14.3. The summed E-state index contributed by atoms with van der Waals surface area (Å²) < 4.78 is 24.2. The lowest BCUT2D eigenvalue weighted by Crippen LogP contribution is -2.54. The van der Waals surface area contributed by atoms with Crippen LogP contribution in [-0.4, -0.2) is 66.6 Å². The standard InChI is InChI=1S/C18H23FN2O4/c1-13(25-15-5-2-4-14(19)12-15)17(22)20-7-9-21(10-8-20)18(23)16-6-3-11-24-16/h2,4-5,12-13,16H,3,6-11H2,1H3. The molecule has 0 N–H and O–H groups in total. The molecule has 0 saturated carbocycles. The van der Waals surface area contributed by atoms with Gasteiger partial charge in [-0.3, -0.25) is 9.59 Å². The Labute approximate surface area is 146 Å². The van der Waals surface area contributed by atoms with Crippen LogP contribution in [0.5, 0.6) is 5.75 Å². The number of ether oxygens (including phenoxy) is 2. The second-order valence-corrected chi connectivity index (χ2v) is 6.37. The molecule has 2 aliphatic heterocycles. The van der Waals surface area contributed by atoms with E-state index >= 15 is 0 Å². The van der Waals surface area contributed by atoms with Crippen LogP contribution < -0.4 is 4.74 Å². The van der Waals surface area contributed by atoms with Gasteiger partial charge in [0.1, 0.15) is 17.7 Å². The molecule has 1 aromatic carbocycles. The number of halogens is 1. The zero-order chi connectivity index (χ0) is 17.8. The first-order valence-electron chi connectivity index (χ1n) is 8.66. The fourth-order valence-electron chi connectivity index (χ4n) is 3.18. The molecule has 2 heterocycles. The number of carbonyl (C=O) groups is 2. The van der Waals surface area contributed by atoms with Gasteiger partial charge in [-0.2, -0.15) is 0 Å². The van der Waals surface area contributed by atoms with Crippen LogP contribution in [0.25, 0.3) is 0 Å². The SMILES string of the molecule is CC(Oc1cccc(F)c1)C(=O)N1CCN(C(=O)C2CCCO2)CC1. The van der Waals surface area contributed by atoms with Crippen LogP contribution in [0.15, 0.2) is 24.3 Å². The highest BCUT2D eigenvalue weighted by atomic mass is 19.1. The summed E-state index contributed by atoms with van der Waals surface area (Å²) in [7, 11) is 0. The summed E-state index contributed by atoms with van der Waals surface area (Å²) in [5, 5.41) is 0. The molecular weight excluding hydrogens is 327 g/mol. The van der Waals surface area contributed by atoms with Crippen LogP contribution in [0, 0.1) is 5.82 Å². The normalized spacial score (nSPS) is 21.9. The smallest absolute Gasteiger partial charge is 0.263 e. The number of piperazine rings is 1. The summed E-state index contributed by atoms with van der Waals surface area (Å²) in [5.41, 5.74) is 0. The third kappa shape index (κ3) is 4.28. The van der Waals surface area contributed by atoms with Gasteiger partial charge < -0.3 is 19.3 Å². The third-order valence-corrected chi connectivity index (χ3v) is 4.56. The molecule has 0 bridgehead atoms. The van der Waals surface area contributed by atoms with Crippen LogP contribution in [-0.2, 0) is 14.3 Å². The molecule has 6 nitrogen and oxygen atoms in total. The summed E-state index contributed by atoms with van der Waals surface area (Å²) in [5.74, 6) is -0.214. The number of carbonyl (C=O) groups excluding carboxylic acids is 2. The van der Waals surface area contributed by atoms with E-state index in [4.69, 9.17) is 9.47 Å². The Morgan fingerprint density at radius 1 is 1.24 bits per heavy atom. The summed E-state index contributed by atoms with van der Waals surface area (Å²) in [6.07, 6.45) is 0.667. The second kappa shape index (κ2) is 7.82. The van der Waals surface area contributed by atoms with E-state index < -0.39 is 11.9 Å². The Morgan fingerprint density at radius 3 is 2.60 bits per heavy atom. The van der Waals surface area contributed by atoms with Gasteiger partial charge in [0.25, 0.3) is 11.8 Å². The van der Waals surface area contributed by atoms with E-state index in [0.29, 0.717) is 38.5 Å². The van der Waals surface area contributed by atoms with E-state index in [0.717, 1.165) is 12.8 Å². The maximum Gasteiger partial charge on any atom is 0.263 e. The van der Waals surface area contributed by atoms with Crippen LogP contribution >= 0.6 is 0 Å². The van der Waals surface area contributed by atoms with Crippen molar-refractivity contribution < 1.29 is 23.5 Å². The van der Waals surface area contributed by atoms with Crippen molar-refractivity contribution in [1.82, 2.24) is 9.80 Å². The monoisotopic (exact) mass is 350 g/mol. The van der Waals surface area contributed by atoms with Crippen LogP contribution in [0.3, 0.4) is 0 Å². The molecule has 136 valence electrons. The number of hydrogen-bond acceptors (Lipinski definition) is 4. The molecule has 2 amide bonds. The molecule has 0 spiro atoms. The van der Waals surface area contributed by atoms with Crippen molar-refractivity contribution in [3.8, 4) is 5.75 Å². The Kier molecular flexibility index (Phi) is 5.53. The lowest BCUT2D eigenvalue weighted by Gasteiger charge is -2.36.